The maximum Gasteiger partial charge on any atom is 0.422 e. The van der Waals surface area contributed by atoms with E-state index in [1.54, 1.807) is 30.3 Å². The second-order valence-electron chi connectivity index (χ2n) is 6.66. The molecule has 0 radical (unpaired) electrons. The number of hydrogen-bond acceptors (Lipinski definition) is 5. The van der Waals surface area contributed by atoms with Crippen molar-refractivity contribution in [3.63, 3.8) is 0 Å². The van der Waals surface area contributed by atoms with Crippen LogP contribution in [0.1, 0.15) is 25.0 Å². The summed E-state index contributed by atoms with van der Waals surface area (Å²) in [6.45, 7) is 2.44. The number of halogens is 3. The van der Waals surface area contributed by atoms with Crippen molar-refractivity contribution in [3.8, 4) is 0 Å². The third-order valence-electron chi connectivity index (χ3n) is 4.54. The van der Waals surface area contributed by atoms with Gasteiger partial charge in [0.15, 0.2) is 0 Å². The zero-order valence-corrected chi connectivity index (χ0v) is 17.9. The molecule has 0 saturated carbocycles. The summed E-state index contributed by atoms with van der Waals surface area (Å²) >= 11 is 0. The number of amides is 1. The molecule has 166 valence electrons. The molecule has 0 aliphatic carbocycles. The lowest BCUT2D eigenvalue weighted by Crippen LogP contribution is -2.34. The van der Waals surface area contributed by atoms with E-state index in [1.165, 1.54) is 24.8 Å². The van der Waals surface area contributed by atoms with Crippen LogP contribution in [0.15, 0.2) is 59.6 Å². The number of carbonyl (C=O) groups excluding carboxylic acids is 1. The molecule has 1 heterocycles. The Morgan fingerprint density at radius 3 is 2.16 bits per heavy atom. The van der Waals surface area contributed by atoms with Crippen LogP contribution in [-0.4, -0.2) is 36.8 Å². The van der Waals surface area contributed by atoms with E-state index < -0.39 is 31.2 Å². The first-order chi connectivity index (χ1) is 14.7. The predicted octanol–water partition coefficient (Wildman–Crippen LogP) is 5.18. The van der Waals surface area contributed by atoms with Crippen molar-refractivity contribution in [1.29, 1.82) is 0 Å². The standard InChI is InChI=1S/C21H22F3N2O4P/c1-3-29-31(28,30-4-2)20(21(22,23)24)25-18-16-12-8-9-13-17(16)26(19(18)27)14-15-10-6-5-7-11-15/h5-13,20H,3-4,14H2,1-2H3. The highest BCUT2D eigenvalue weighted by molar-refractivity contribution is 7.54. The first kappa shape index (κ1) is 23.2. The predicted molar refractivity (Wildman–Crippen MR) is 111 cm³/mol. The van der Waals surface area contributed by atoms with E-state index in [4.69, 9.17) is 9.05 Å². The summed E-state index contributed by atoms with van der Waals surface area (Å²) in [6, 6.07) is 15.5. The number of benzene rings is 2. The normalized spacial score (nSPS) is 16.6. The van der Waals surface area contributed by atoms with Gasteiger partial charge in [-0.2, -0.15) is 13.2 Å². The number of para-hydroxylation sites is 1. The Morgan fingerprint density at radius 2 is 1.58 bits per heavy atom. The van der Waals surface area contributed by atoms with Crippen LogP contribution in [-0.2, 0) is 25.0 Å². The van der Waals surface area contributed by atoms with Gasteiger partial charge in [0.05, 0.1) is 25.4 Å². The molecular formula is C21H22F3N2O4P. The number of rotatable bonds is 8. The third kappa shape index (κ3) is 4.89. The third-order valence-corrected chi connectivity index (χ3v) is 6.79. The van der Waals surface area contributed by atoms with Crippen molar-refractivity contribution in [3.05, 3.63) is 65.7 Å². The summed E-state index contributed by atoms with van der Waals surface area (Å²) in [5, 5.41) is 0. The highest BCUT2D eigenvalue weighted by atomic mass is 31.2. The van der Waals surface area contributed by atoms with Gasteiger partial charge in [-0.25, -0.2) is 0 Å². The average molecular weight is 454 g/mol. The molecule has 31 heavy (non-hydrogen) atoms. The lowest BCUT2D eigenvalue weighted by molar-refractivity contribution is -0.133. The van der Waals surface area contributed by atoms with Crippen molar-refractivity contribution >= 4 is 24.9 Å². The molecule has 0 N–H and O–H groups in total. The molecular weight excluding hydrogens is 432 g/mol. The monoisotopic (exact) mass is 454 g/mol. The van der Waals surface area contributed by atoms with Gasteiger partial charge < -0.3 is 13.9 Å². The minimum Gasteiger partial charge on any atom is -0.307 e. The second kappa shape index (κ2) is 9.34. The van der Waals surface area contributed by atoms with Gasteiger partial charge in [0.1, 0.15) is 5.71 Å². The van der Waals surface area contributed by atoms with Gasteiger partial charge in [-0.15, -0.1) is 0 Å². The van der Waals surface area contributed by atoms with E-state index in [0.29, 0.717) is 5.69 Å². The molecule has 10 heteroatoms. The fourth-order valence-electron chi connectivity index (χ4n) is 3.29. The molecule has 1 unspecified atom stereocenters. The molecule has 0 fully saturated rings. The van der Waals surface area contributed by atoms with Gasteiger partial charge in [-0.3, -0.25) is 14.4 Å². The fraction of sp³-hybridized carbons (Fsp3) is 0.333. The Kier molecular flexibility index (Phi) is 6.99. The number of anilines is 1. The van der Waals surface area contributed by atoms with Crippen molar-refractivity contribution < 1.29 is 31.6 Å². The van der Waals surface area contributed by atoms with Crippen molar-refractivity contribution in [2.45, 2.75) is 32.4 Å². The van der Waals surface area contributed by atoms with E-state index in [1.807, 2.05) is 18.2 Å². The van der Waals surface area contributed by atoms with Gasteiger partial charge in [0.2, 0.25) is 5.78 Å². The minimum absolute atomic E-state index is 0.154. The van der Waals surface area contributed by atoms with Crippen LogP contribution in [0.5, 0.6) is 0 Å². The number of carbonyl (C=O) groups is 1. The zero-order chi connectivity index (χ0) is 22.6. The van der Waals surface area contributed by atoms with Crippen LogP contribution in [0.4, 0.5) is 18.9 Å². The SMILES string of the molecule is CCOP(=O)(OCC)C(N=C1C(=O)N(Cc2ccccc2)c2ccccc21)C(F)(F)F. The smallest absolute Gasteiger partial charge is 0.307 e. The second-order valence-corrected chi connectivity index (χ2v) is 8.75. The lowest BCUT2D eigenvalue weighted by atomic mass is 10.1. The molecule has 2 aromatic rings. The van der Waals surface area contributed by atoms with Crippen molar-refractivity contribution in [2.24, 2.45) is 4.99 Å². The van der Waals surface area contributed by atoms with E-state index in [2.05, 4.69) is 4.99 Å². The molecule has 0 bridgehead atoms. The zero-order valence-electron chi connectivity index (χ0n) is 17.0. The maximum atomic E-state index is 13.9. The number of aliphatic imine (C=N–C) groups is 1. The topological polar surface area (TPSA) is 68.2 Å². The van der Waals surface area contributed by atoms with E-state index in [0.717, 1.165) is 5.56 Å². The first-order valence-corrected chi connectivity index (χ1v) is 11.3. The highest BCUT2D eigenvalue weighted by Gasteiger charge is 2.55. The van der Waals surface area contributed by atoms with Gasteiger partial charge >= 0.3 is 13.8 Å². The summed E-state index contributed by atoms with van der Waals surface area (Å²) in [6.07, 6.45) is -5.05. The molecule has 1 atom stereocenters. The summed E-state index contributed by atoms with van der Waals surface area (Å²) in [7, 11) is -4.71. The van der Waals surface area contributed by atoms with Crippen LogP contribution in [0.3, 0.4) is 0 Å². The van der Waals surface area contributed by atoms with Gasteiger partial charge in [0.25, 0.3) is 5.91 Å². The number of hydrogen-bond donors (Lipinski definition) is 0. The molecule has 0 aromatic heterocycles. The molecule has 1 aliphatic rings. The molecule has 6 nitrogen and oxygen atoms in total. The van der Waals surface area contributed by atoms with Crippen LogP contribution in [0.25, 0.3) is 0 Å². The lowest BCUT2D eigenvalue weighted by Gasteiger charge is -2.25. The molecule has 1 amide bonds. The molecule has 0 saturated heterocycles. The summed E-state index contributed by atoms with van der Waals surface area (Å²) in [5.74, 6) is -3.53. The van der Waals surface area contributed by atoms with E-state index in [-0.39, 0.29) is 25.3 Å². The highest BCUT2D eigenvalue weighted by Crippen LogP contribution is 2.59. The largest absolute Gasteiger partial charge is 0.422 e. The van der Waals surface area contributed by atoms with Crippen LogP contribution in [0, 0.1) is 0 Å². The maximum absolute atomic E-state index is 13.9. The summed E-state index contributed by atoms with van der Waals surface area (Å²) in [4.78, 5) is 18.1. The van der Waals surface area contributed by atoms with Gasteiger partial charge in [-0.1, -0.05) is 48.5 Å². The van der Waals surface area contributed by atoms with Crippen LogP contribution >= 0.6 is 7.60 Å². The first-order valence-electron chi connectivity index (χ1n) is 9.69. The van der Waals surface area contributed by atoms with Crippen LogP contribution < -0.4 is 4.90 Å². The Bertz CT molecular complexity index is 1000. The Hall–Kier alpha value is -2.48. The average Bonchev–Trinajstić information content (AvgIpc) is 2.98. The Balaban J connectivity index is 2.08. The summed E-state index contributed by atoms with van der Waals surface area (Å²) in [5.41, 5.74) is 1.04. The number of nitrogens with zero attached hydrogens (tertiary/aromatic N) is 2. The summed E-state index contributed by atoms with van der Waals surface area (Å²) < 4.78 is 64.4. The fourth-order valence-corrected chi connectivity index (χ4v) is 4.99. The van der Waals surface area contributed by atoms with Crippen LogP contribution in [0.2, 0.25) is 0 Å². The Morgan fingerprint density at radius 1 is 1.00 bits per heavy atom. The van der Waals surface area contributed by atoms with E-state index in [9.17, 15) is 22.5 Å². The molecule has 3 rings (SSSR count). The van der Waals surface area contributed by atoms with Crippen molar-refractivity contribution in [2.75, 3.05) is 18.1 Å². The number of alkyl halides is 3. The van der Waals surface area contributed by atoms with Gasteiger partial charge in [-0.05, 0) is 25.5 Å². The molecule has 2 aromatic carbocycles. The quantitative estimate of drug-likeness (QED) is 0.516. The Labute approximate surface area is 178 Å². The molecule has 1 aliphatic heterocycles. The number of fused-ring (bicyclic) bond motifs is 1. The van der Waals surface area contributed by atoms with E-state index >= 15 is 0 Å². The minimum atomic E-state index is -5.05. The molecule has 0 spiro atoms. The van der Waals surface area contributed by atoms with Crippen molar-refractivity contribution in [1.82, 2.24) is 0 Å². The van der Waals surface area contributed by atoms with Gasteiger partial charge in [0, 0.05) is 5.56 Å².